The van der Waals surface area contributed by atoms with E-state index in [4.69, 9.17) is 0 Å². The molecule has 4 nitrogen and oxygen atoms in total. The van der Waals surface area contributed by atoms with E-state index in [2.05, 4.69) is 17.0 Å². The standard InChI is InChI=1S/C12H20N2O2S2/c1-2-7-13-9-11-12(6-8-17-11)18(15,16)14-10-4-3-5-10/h6,8,10,13-14H,2-5,7,9H2,1H3. The molecule has 1 fully saturated rings. The minimum Gasteiger partial charge on any atom is -0.312 e. The van der Waals surface area contributed by atoms with Crippen LogP contribution in [0.5, 0.6) is 0 Å². The molecular weight excluding hydrogens is 268 g/mol. The monoisotopic (exact) mass is 288 g/mol. The van der Waals surface area contributed by atoms with Crippen LogP contribution in [0.1, 0.15) is 37.5 Å². The molecule has 0 bridgehead atoms. The Hall–Kier alpha value is -0.430. The minimum atomic E-state index is -3.32. The van der Waals surface area contributed by atoms with Crippen molar-refractivity contribution >= 4 is 21.4 Å². The number of hydrogen-bond donors (Lipinski definition) is 2. The van der Waals surface area contributed by atoms with Gasteiger partial charge in [0.1, 0.15) is 0 Å². The zero-order valence-electron chi connectivity index (χ0n) is 10.6. The van der Waals surface area contributed by atoms with Crippen LogP contribution in [0.15, 0.2) is 16.3 Å². The molecule has 18 heavy (non-hydrogen) atoms. The highest BCUT2D eigenvalue weighted by molar-refractivity contribution is 7.89. The van der Waals surface area contributed by atoms with Gasteiger partial charge in [-0.25, -0.2) is 13.1 Å². The molecule has 102 valence electrons. The second-order valence-electron chi connectivity index (χ2n) is 4.63. The fourth-order valence-electron chi connectivity index (χ4n) is 1.88. The number of rotatable bonds is 7. The number of sulfonamides is 1. The molecule has 0 saturated heterocycles. The molecule has 0 aliphatic heterocycles. The summed E-state index contributed by atoms with van der Waals surface area (Å²) in [6, 6.07) is 1.85. The van der Waals surface area contributed by atoms with Crippen LogP contribution in [0.3, 0.4) is 0 Å². The van der Waals surface area contributed by atoms with E-state index < -0.39 is 10.0 Å². The fraction of sp³-hybridized carbons (Fsp3) is 0.667. The smallest absolute Gasteiger partial charge is 0.241 e. The third kappa shape index (κ3) is 3.32. The molecule has 1 aliphatic carbocycles. The van der Waals surface area contributed by atoms with Crippen LogP contribution in [-0.2, 0) is 16.6 Å². The van der Waals surface area contributed by atoms with Gasteiger partial charge in [-0.3, -0.25) is 0 Å². The topological polar surface area (TPSA) is 58.2 Å². The van der Waals surface area contributed by atoms with Gasteiger partial charge in [0.25, 0.3) is 0 Å². The highest BCUT2D eigenvalue weighted by Gasteiger charge is 2.26. The molecule has 1 aliphatic rings. The maximum absolute atomic E-state index is 12.2. The number of nitrogens with one attached hydrogen (secondary N) is 2. The van der Waals surface area contributed by atoms with Gasteiger partial charge in [-0.1, -0.05) is 13.3 Å². The molecule has 1 aromatic rings. The SMILES string of the molecule is CCCNCc1sccc1S(=O)(=O)NC1CCC1. The Balaban J connectivity index is 2.04. The van der Waals surface area contributed by atoms with Crippen molar-refractivity contribution in [3.8, 4) is 0 Å². The second-order valence-corrected chi connectivity index (χ2v) is 7.32. The minimum absolute atomic E-state index is 0.145. The van der Waals surface area contributed by atoms with E-state index in [0.29, 0.717) is 11.4 Å². The molecular formula is C12H20N2O2S2. The highest BCUT2D eigenvalue weighted by atomic mass is 32.2. The van der Waals surface area contributed by atoms with Crippen LogP contribution >= 0.6 is 11.3 Å². The van der Waals surface area contributed by atoms with Crippen LogP contribution in [0.25, 0.3) is 0 Å². The van der Waals surface area contributed by atoms with E-state index in [0.717, 1.165) is 37.1 Å². The largest absolute Gasteiger partial charge is 0.312 e. The molecule has 6 heteroatoms. The van der Waals surface area contributed by atoms with Gasteiger partial charge in [-0.05, 0) is 37.3 Å². The first-order valence-electron chi connectivity index (χ1n) is 6.43. The summed E-state index contributed by atoms with van der Waals surface area (Å²) in [4.78, 5) is 1.35. The summed E-state index contributed by atoms with van der Waals surface area (Å²) >= 11 is 1.50. The van der Waals surface area contributed by atoms with Gasteiger partial charge in [0.15, 0.2) is 0 Å². The second kappa shape index (κ2) is 6.14. The molecule has 0 amide bonds. The number of thiophene rings is 1. The normalized spacial score (nSPS) is 16.7. The molecule has 0 unspecified atom stereocenters. The first-order valence-corrected chi connectivity index (χ1v) is 8.79. The van der Waals surface area contributed by atoms with Crippen LogP contribution < -0.4 is 10.0 Å². The van der Waals surface area contributed by atoms with Crippen molar-refractivity contribution in [2.45, 2.75) is 50.1 Å². The Labute approximate surface area is 113 Å². The van der Waals surface area contributed by atoms with Gasteiger partial charge in [-0.2, -0.15) is 0 Å². The van der Waals surface area contributed by atoms with Crippen molar-refractivity contribution in [2.24, 2.45) is 0 Å². The zero-order chi connectivity index (χ0) is 13.0. The van der Waals surface area contributed by atoms with Crippen molar-refractivity contribution in [1.29, 1.82) is 0 Å². The molecule has 2 rings (SSSR count). The Morgan fingerprint density at radius 1 is 1.44 bits per heavy atom. The van der Waals surface area contributed by atoms with Crippen molar-refractivity contribution in [3.05, 3.63) is 16.3 Å². The first kappa shape index (κ1) is 14.0. The molecule has 1 aromatic heterocycles. The predicted molar refractivity (Wildman–Crippen MR) is 74.3 cm³/mol. The lowest BCUT2D eigenvalue weighted by atomic mass is 9.94. The summed E-state index contributed by atoms with van der Waals surface area (Å²) in [7, 11) is -3.32. The number of hydrogen-bond acceptors (Lipinski definition) is 4. The van der Waals surface area contributed by atoms with E-state index in [9.17, 15) is 8.42 Å². The van der Waals surface area contributed by atoms with E-state index in [-0.39, 0.29) is 6.04 Å². The van der Waals surface area contributed by atoms with Gasteiger partial charge in [0.2, 0.25) is 10.0 Å². The van der Waals surface area contributed by atoms with Crippen LogP contribution in [0.2, 0.25) is 0 Å². The van der Waals surface area contributed by atoms with Crippen LogP contribution in [-0.4, -0.2) is 21.0 Å². The van der Waals surface area contributed by atoms with Crippen LogP contribution in [0, 0.1) is 0 Å². The van der Waals surface area contributed by atoms with Gasteiger partial charge in [-0.15, -0.1) is 11.3 Å². The molecule has 0 aromatic carbocycles. The average molecular weight is 288 g/mol. The van der Waals surface area contributed by atoms with Gasteiger partial charge in [0.05, 0.1) is 4.90 Å². The van der Waals surface area contributed by atoms with Crippen LogP contribution in [0.4, 0.5) is 0 Å². The lowest BCUT2D eigenvalue weighted by Gasteiger charge is -2.26. The fourth-order valence-corrected chi connectivity index (χ4v) is 4.60. The molecule has 1 heterocycles. The van der Waals surface area contributed by atoms with Gasteiger partial charge >= 0.3 is 0 Å². The third-order valence-electron chi connectivity index (χ3n) is 3.13. The summed E-state index contributed by atoms with van der Waals surface area (Å²) in [6.45, 7) is 3.64. The van der Waals surface area contributed by atoms with Crippen molar-refractivity contribution in [3.63, 3.8) is 0 Å². The lowest BCUT2D eigenvalue weighted by molar-refractivity contribution is 0.383. The Morgan fingerprint density at radius 3 is 2.83 bits per heavy atom. The lowest BCUT2D eigenvalue weighted by Crippen LogP contribution is -2.39. The highest BCUT2D eigenvalue weighted by Crippen LogP contribution is 2.25. The van der Waals surface area contributed by atoms with Crippen molar-refractivity contribution < 1.29 is 8.42 Å². The summed E-state index contributed by atoms with van der Waals surface area (Å²) in [6.07, 6.45) is 4.11. The predicted octanol–water partition coefficient (Wildman–Crippen LogP) is 2.08. The summed E-state index contributed by atoms with van der Waals surface area (Å²) < 4.78 is 27.2. The van der Waals surface area contributed by atoms with Crippen molar-refractivity contribution in [2.75, 3.05) is 6.54 Å². The molecule has 2 N–H and O–H groups in total. The molecule has 0 atom stereocenters. The maximum atomic E-state index is 12.2. The summed E-state index contributed by atoms with van der Waals surface area (Å²) in [5.74, 6) is 0. The molecule has 1 saturated carbocycles. The van der Waals surface area contributed by atoms with E-state index >= 15 is 0 Å². The zero-order valence-corrected chi connectivity index (χ0v) is 12.2. The van der Waals surface area contributed by atoms with Gasteiger partial charge in [0, 0.05) is 17.5 Å². The molecule has 0 spiro atoms. The Bertz CT molecular complexity index is 478. The average Bonchev–Trinajstić information content (AvgIpc) is 2.73. The first-order chi connectivity index (χ1) is 8.63. The Morgan fingerprint density at radius 2 is 2.22 bits per heavy atom. The third-order valence-corrected chi connectivity index (χ3v) is 5.79. The van der Waals surface area contributed by atoms with Crippen molar-refractivity contribution in [1.82, 2.24) is 10.0 Å². The quantitative estimate of drug-likeness (QED) is 0.755. The summed E-state index contributed by atoms with van der Waals surface area (Å²) in [5, 5.41) is 5.09. The van der Waals surface area contributed by atoms with Gasteiger partial charge < -0.3 is 5.32 Å². The van der Waals surface area contributed by atoms with E-state index in [1.54, 1.807) is 6.07 Å². The molecule has 0 radical (unpaired) electrons. The summed E-state index contributed by atoms with van der Waals surface area (Å²) in [5.41, 5.74) is 0. The van der Waals surface area contributed by atoms with E-state index in [1.807, 2.05) is 5.38 Å². The van der Waals surface area contributed by atoms with E-state index in [1.165, 1.54) is 11.3 Å². The Kier molecular flexibility index (Phi) is 4.77. The maximum Gasteiger partial charge on any atom is 0.241 e.